The maximum atomic E-state index is 13.0. The molecule has 7 heteroatoms. The number of nitrogens with zero attached hydrogens (tertiary/aromatic N) is 3. The molecule has 2 aromatic carbocycles. The van der Waals surface area contributed by atoms with E-state index in [4.69, 9.17) is 0 Å². The van der Waals surface area contributed by atoms with Crippen molar-refractivity contribution in [3.63, 3.8) is 0 Å². The average molecular weight is 388 g/mol. The molecule has 0 unspecified atom stereocenters. The molecule has 0 fully saturated rings. The Labute approximate surface area is 166 Å². The summed E-state index contributed by atoms with van der Waals surface area (Å²) in [5.41, 5.74) is 2.91. The van der Waals surface area contributed by atoms with Gasteiger partial charge in [-0.25, -0.2) is 4.52 Å². The second-order valence-corrected chi connectivity index (χ2v) is 7.03. The minimum Gasteiger partial charge on any atom is -0.324 e. The van der Waals surface area contributed by atoms with Gasteiger partial charge >= 0.3 is 0 Å². The van der Waals surface area contributed by atoms with Gasteiger partial charge in [-0.05, 0) is 57.2 Å². The number of nitrogens with one attached hydrogen (secondary N) is 1. The van der Waals surface area contributed by atoms with Crippen LogP contribution in [0.25, 0.3) is 16.6 Å². The highest BCUT2D eigenvalue weighted by Crippen LogP contribution is 2.25. The van der Waals surface area contributed by atoms with E-state index >= 15 is 0 Å². The van der Waals surface area contributed by atoms with Crippen LogP contribution in [0.2, 0.25) is 0 Å². The van der Waals surface area contributed by atoms with Crippen molar-refractivity contribution in [1.82, 2.24) is 14.2 Å². The molecule has 7 nitrogen and oxygen atoms in total. The number of amides is 1. The highest BCUT2D eigenvalue weighted by atomic mass is 16.2. The fourth-order valence-electron chi connectivity index (χ4n) is 3.54. The SMILES string of the molecule is CC(=O)c1ccc(NC(=O)[C@H](C)n2c3ccccc3c3nc(=O)cc(C)n32)cc1. The smallest absolute Gasteiger partial charge is 0.273 e. The van der Waals surface area contributed by atoms with Gasteiger partial charge in [-0.1, -0.05) is 12.1 Å². The number of rotatable bonds is 4. The summed E-state index contributed by atoms with van der Waals surface area (Å²) >= 11 is 0. The Morgan fingerprint density at radius 3 is 2.45 bits per heavy atom. The topological polar surface area (TPSA) is 85.5 Å². The molecule has 0 aliphatic heterocycles. The van der Waals surface area contributed by atoms with E-state index in [-0.39, 0.29) is 17.2 Å². The van der Waals surface area contributed by atoms with Crippen molar-refractivity contribution in [2.24, 2.45) is 0 Å². The molecule has 29 heavy (non-hydrogen) atoms. The largest absolute Gasteiger partial charge is 0.324 e. The molecule has 146 valence electrons. The Morgan fingerprint density at radius 2 is 1.76 bits per heavy atom. The molecule has 0 spiro atoms. The van der Waals surface area contributed by atoms with Gasteiger partial charge in [-0.2, -0.15) is 4.98 Å². The maximum absolute atomic E-state index is 13.0. The number of fused-ring (bicyclic) bond motifs is 3. The third kappa shape index (κ3) is 3.20. The van der Waals surface area contributed by atoms with Crippen LogP contribution in [0.5, 0.6) is 0 Å². The number of carbonyl (C=O) groups excluding carboxylic acids is 2. The van der Waals surface area contributed by atoms with Crippen LogP contribution >= 0.6 is 0 Å². The van der Waals surface area contributed by atoms with Gasteiger partial charge in [0.1, 0.15) is 6.04 Å². The summed E-state index contributed by atoms with van der Waals surface area (Å²) in [4.78, 5) is 40.5. The molecular weight excluding hydrogens is 368 g/mol. The summed E-state index contributed by atoms with van der Waals surface area (Å²) in [6.45, 7) is 5.11. The molecule has 0 aliphatic rings. The standard InChI is InChI=1S/C22H20N4O3/c1-13-12-20(28)24-21-18-6-4-5-7-19(18)26(25(13)21)14(2)22(29)23-17-10-8-16(9-11-17)15(3)27/h4-12,14H,1-3H3,(H,23,29)/t14-/m0/s1. The summed E-state index contributed by atoms with van der Waals surface area (Å²) in [5.74, 6) is -0.250. The van der Waals surface area contributed by atoms with Crippen molar-refractivity contribution in [1.29, 1.82) is 0 Å². The van der Waals surface area contributed by atoms with Gasteiger partial charge in [-0.15, -0.1) is 0 Å². The molecule has 4 rings (SSSR count). The summed E-state index contributed by atoms with van der Waals surface area (Å²) in [7, 11) is 0. The van der Waals surface area contributed by atoms with Crippen LogP contribution in [-0.4, -0.2) is 25.9 Å². The second kappa shape index (κ2) is 7.01. The second-order valence-electron chi connectivity index (χ2n) is 7.03. The van der Waals surface area contributed by atoms with E-state index < -0.39 is 6.04 Å². The summed E-state index contributed by atoms with van der Waals surface area (Å²) in [6.07, 6.45) is 0. The van der Waals surface area contributed by atoms with Crippen molar-refractivity contribution in [2.45, 2.75) is 26.8 Å². The zero-order valence-electron chi connectivity index (χ0n) is 16.3. The Morgan fingerprint density at radius 1 is 1.07 bits per heavy atom. The number of para-hydroxylation sites is 1. The molecule has 0 saturated heterocycles. The van der Waals surface area contributed by atoms with Gasteiger partial charge in [0.05, 0.1) is 5.52 Å². The lowest BCUT2D eigenvalue weighted by molar-refractivity contribution is -0.119. The first-order chi connectivity index (χ1) is 13.9. The monoisotopic (exact) mass is 388 g/mol. The highest BCUT2D eigenvalue weighted by Gasteiger charge is 2.22. The first-order valence-electron chi connectivity index (χ1n) is 9.28. The molecular formula is C22H20N4O3. The van der Waals surface area contributed by atoms with Crippen molar-refractivity contribution in [3.05, 3.63) is 76.2 Å². The Bertz CT molecular complexity index is 1320. The molecule has 2 heterocycles. The number of aryl methyl sites for hydroxylation is 1. The first kappa shape index (κ1) is 18.6. The number of aromatic nitrogens is 3. The predicted octanol–water partition coefficient (Wildman–Crippen LogP) is 3.36. The van der Waals surface area contributed by atoms with E-state index in [1.54, 1.807) is 35.7 Å². The number of Topliss-reactive ketones (excluding diaryl/α,β-unsaturated/α-hetero) is 1. The van der Waals surface area contributed by atoms with Crippen molar-refractivity contribution < 1.29 is 9.59 Å². The van der Waals surface area contributed by atoms with Crippen LogP contribution in [-0.2, 0) is 4.79 Å². The molecule has 1 amide bonds. The molecule has 0 saturated carbocycles. The Kier molecular flexibility index (Phi) is 4.50. The lowest BCUT2D eigenvalue weighted by Crippen LogP contribution is -2.27. The third-order valence-corrected chi connectivity index (χ3v) is 5.00. The Hall–Kier alpha value is -3.74. The number of anilines is 1. The fourth-order valence-corrected chi connectivity index (χ4v) is 3.54. The zero-order valence-corrected chi connectivity index (χ0v) is 16.3. The molecule has 1 N–H and O–H groups in total. The van der Waals surface area contributed by atoms with Crippen LogP contribution in [0.1, 0.15) is 35.9 Å². The van der Waals surface area contributed by atoms with Crippen LogP contribution < -0.4 is 10.9 Å². The van der Waals surface area contributed by atoms with Crippen LogP contribution in [0, 0.1) is 6.92 Å². The van der Waals surface area contributed by atoms with Crippen LogP contribution in [0.4, 0.5) is 5.69 Å². The minimum absolute atomic E-state index is 0.0290. The van der Waals surface area contributed by atoms with Crippen molar-refractivity contribution in [3.8, 4) is 0 Å². The summed E-state index contributed by atoms with van der Waals surface area (Å²) in [6, 6.07) is 15.2. The van der Waals surface area contributed by atoms with Gasteiger partial charge in [0.25, 0.3) is 5.56 Å². The van der Waals surface area contributed by atoms with Gasteiger partial charge in [-0.3, -0.25) is 19.1 Å². The molecule has 0 bridgehead atoms. The van der Waals surface area contributed by atoms with E-state index in [2.05, 4.69) is 10.3 Å². The molecule has 4 aromatic rings. The first-order valence-corrected chi connectivity index (χ1v) is 9.28. The van der Waals surface area contributed by atoms with E-state index in [0.717, 1.165) is 10.9 Å². The zero-order chi connectivity index (χ0) is 20.7. The molecule has 1 atom stereocenters. The average Bonchev–Trinajstić information content (AvgIpc) is 3.02. The van der Waals surface area contributed by atoms with Crippen LogP contribution in [0.3, 0.4) is 0 Å². The number of ketones is 1. The predicted molar refractivity (Wildman–Crippen MR) is 111 cm³/mol. The van der Waals surface area contributed by atoms with Crippen LogP contribution in [0.15, 0.2) is 59.4 Å². The van der Waals surface area contributed by atoms with Gasteiger partial charge in [0.15, 0.2) is 11.4 Å². The summed E-state index contributed by atoms with van der Waals surface area (Å²) in [5, 5.41) is 3.69. The normalized spacial score (nSPS) is 12.2. The number of benzene rings is 2. The quantitative estimate of drug-likeness (QED) is 0.543. The number of hydrogen-bond acceptors (Lipinski definition) is 4. The minimum atomic E-state index is -0.576. The molecule has 0 aliphatic carbocycles. The lowest BCUT2D eigenvalue weighted by Gasteiger charge is -2.18. The molecule has 2 aromatic heterocycles. The lowest BCUT2D eigenvalue weighted by atomic mass is 10.1. The number of hydrogen-bond donors (Lipinski definition) is 1. The van der Waals surface area contributed by atoms with Crippen molar-refractivity contribution >= 4 is 33.9 Å². The molecule has 0 radical (unpaired) electrons. The Balaban J connectivity index is 1.77. The maximum Gasteiger partial charge on any atom is 0.273 e. The van der Waals surface area contributed by atoms with Crippen molar-refractivity contribution in [2.75, 3.05) is 5.32 Å². The van der Waals surface area contributed by atoms with E-state index in [1.165, 1.54) is 13.0 Å². The fraction of sp³-hybridized carbons (Fsp3) is 0.182. The van der Waals surface area contributed by atoms with E-state index in [9.17, 15) is 14.4 Å². The third-order valence-electron chi connectivity index (χ3n) is 5.00. The summed E-state index contributed by atoms with van der Waals surface area (Å²) < 4.78 is 3.64. The van der Waals surface area contributed by atoms with E-state index in [0.29, 0.717) is 22.6 Å². The van der Waals surface area contributed by atoms with E-state index in [1.807, 2.05) is 35.9 Å². The highest BCUT2D eigenvalue weighted by molar-refractivity contribution is 5.98. The number of carbonyl (C=O) groups is 2. The van der Waals surface area contributed by atoms with Gasteiger partial charge in [0.2, 0.25) is 5.91 Å². The van der Waals surface area contributed by atoms with Gasteiger partial charge in [0, 0.05) is 28.4 Å². The van der Waals surface area contributed by atoms with Gasteiger partial charge < -0.3 is 5.32 Å².